The third kappa shape index (κ3) is 1.97. The Morgan fingerprint density at radius 1 is 0.923 bits per heavy atom. The fourth-order valence-electron chi connectivity index (χ4n) is 0.752. The highest BCUT2D eigenvalue weighted by Gasteiger charge is 2.06. The largest absolute Gasteiger partial charge is 0.193 e. The van der Waals surface area contributed by atoms with Crippen molar-refractivity contribution in [2.45, 2.75) is 0 Å². The minimum absolute atomic E-state index is 1.32. The molecule has 2 rings (SSSR count). The van der Waals surface area contributed by atoms with Crippen molar-refractivity contribution in [1.82, 2.24) is 21.4 Å². The van der Waals surface area contributed by atoms with E-state index in [1.54, 1.807) is 37.0 Å². The van der Waals surface area contributed by atoms with E-state index < -0.39 is 0 Å². The highest BCUT2D eigenvalue weighted by molar-refractivity contribution is 5.71. The van der Waals surface area contributed by atoms with Gasteiger partial charge in [0.15, 0.2) is 0 Å². The summed E-state index contributed by atoms with van der Waals surface area (Å²) in [5, 5.41) is 10.1. The monoisotopic (exact) mass is 180 g/mol. The first-order valence-corrected chi connectivity index (χ1v) is 3.63. The Bertz CT molecular complexity index is 255. The molecule has 0 amide bonds. The predicted octanol–water partition coefficient (Wildman–Crippen LogP) is -0.528. The molecule has 0 radical (unpaired) electrons. The lowest BCUT2D eigenvalue weighted by molar-refractivity contribution is -0.323. The zero-order valence-electron chi connectivity index (χ0n) is 6.66. The normalized spacial score (nSPS) is 18.8. The van der Waals surface area contributed by atoms with Crippen molar-refractivity contribution < 1.29 is 4.94 Å². The molecule has 68 valence electrons. The summed E-state index contributed by atoms with van der Waals surface area (Å²) in [7, 11) is 0. The van der Waals surface area contributed by atoms with Gasteiger partial charge in [-0.3, -0.25) is 0 Å². The molecule has 0 aromatic rings. The average Bonchev–Trinajstić information content (AvgIpc) is 2.21. The van der Waals surface area contributed by atoms with E-state index in [1.165, 1.54) is 10.3 Å². The number of hydrogen-bond acceptors (Lipinski definition) is 7. The van der Waals surface area contributed by atoms with Crippen molar-refractivity contribution in [2.75, 3.05) is 0 Å². The maximum absolute atomic E-state index is 5.18. The molecule has 0 saturated heterocycles. The van der Waals surface area contributed by atoms with Gasteiger partial charge in [0.25, 0.3) is 0 Å². The molecule has 0 aromatic carbocycles. The van der Waals surface area contributed by atoms with Crippen LogP contribution in [0.1, 0.15) is 0 Å². The molecular formula is C6H8N6O. The number of hydrazone groups is 2. The van der Waals surface area contributed by atoms with Crippen LogP contribution in [0.4, 0.5) is 0 Å². The Kier molecular flexibility index (Phi) is 2.10. The van der Waals surface area contributed by atoms with Crippen LogP contribution in [0, 0.1) is 0 Å². The average molecular weight is 180 g/mol. The van der Waals surface area contributed by atoms with Crippen LogP contribution in [0.25, 0.3) is 0 Å². The molecule has 13 heavy (non-hydrogen) atoms. The van der Waals surface area contributed by atoms with Gasteiger partial charge in [0, 0.05) is 0 Å². The SMILES string of the molecule is C1=CN(ON2C=CC=NN2)NN=C1. The smallest absolute Gasteiger partial charge is 0.0575 e. The summed E-state index contributed by atoms with van der Waals surface area (Å²) in [6, 6.07) is 0. The standard InChI is InChI=1S/C6H8N6O/c1-3-7-9-11(5-1)13-12-6-2-4-8-10-12/h1-6,9-10H. The maximum atomic E-state index is 5.18. The summed E-state index contributed by atoms with van der Waals surface area (Å²) in [4.78, 5) is 5.18. The van der Waals surface area contributed by atoms with E-state index in [9.17, 15) is 0 Å². The topological polar surface area (TPSA) is 64.5 Å². The summed E-state index contributed by atoms with van der Waals surface area (Å²) in [5.74, 6) is 0. The quantitative estimate of drug-likeness (QED) is 0.598. The Balaban J connectivity index is 1.84. The van der Waals surface area contributed by atoms with E-state index in [0.717, 1.165) is 0 Å². The van der Waals surface area contributed by atoms with Crippen LogP contribution in [0.15, 0.2) is 34.8 Å². The third-order valence-electron chi connectivity index (χ3n) is 1.25. The first-order chi connectivity index (χ1) is 6.45. The minimum atomic E-state index is 1.32. The molecule has 0 saturated carbocycles. The van der Waals surface area contributed by atoms with Gasteiger partial charge in [0.1, 0.15) is 0 Å². The summed E-state index contributed by atoms with van der Waals surface area (Å²) in [6.07, 6.45) is 10.0. The molecule has 7 heteroatoms. The molecule has 2 N–H and O–H groups in total. The number of nitrogens with one attached hydrogen (secondary N) is 2. The van der Waals surface area contributed by atoms with Gasteiger partial charge >= 0.3 is 0 Å². The van der Waals surface area contributed by atoms with Crippen LogP contribution in [-0.4, -0.2) is 22.8 Å². The second kappa shape index (κ2) is 3.59. The molecule has 0 aliphatic carbocycles. The van der Waals surface area contributed by atoms with Crippen molar-refractivity contribution >= 4 is 12.4 Å². The van der Waals surface area contributed by atoms with E-state index in [-0.39, 0.29) is 0 Å². The number of rotatable bonds is 2. The second-order valence-corrected chi connectivity index (χ2v) is 2.17. The van der Waals surface area contributed by atoms with E-state index in [0.29, 0.717) is 0 Å². The Morgan fingerprint density at radius 2 is 1.46 bits per heavy atom. The fourth-order valence-corrected chi connectivity index (χ4v) is 0.752. The summed E-state index contributed by atoms with van der Waals surface area (Å²) in [6.45, 7) is 0. The lowest BCUT2D eigenvalue weighted by atomic mass is 10.6. The van der Waals surface area contributed by atoms with Crippen LogP contribution < -0.4 is 11.1 Å². The molecule has 2 aliphatic heterocycles. The number of hydrogen-bond donors (Lipinski definition) is 2. The van der Waals surface area contributed by atoms with Crippen LogP contribution in [-0.2, 0) is 4.94 Å². The van der Waals surface area contributed by atoms with E-state index in [2.05, 4.69) is 21.3 Å². The van der Waals surface area contributed by atoms with Crippen molar-refractivity contribution in [2.24, 2.45) is 10.2 Å². The molecule has 2 heterocycles. The number of nitrogens with zero attached hydrogens (tertiary/aromatic N) is 4. The Morgan fingerprint density at radius 3 is 1.85 bits per heavy atom. The van der Waals surface area contributed by atoms with Gasteiger partial charge in [0.2, 0.25) is 0 Å². The van der Waals surface area contributed by atoms with Gasteiger partial charge in [-0.15, -0.1) is 15.3 Å². The molecule has 0 atom stereocenters. The highest BCUT2D eigenvalue weighted by atomic mass is 16.9. The van der Waals surface area contributed by atoms with Crippen LogP contribution >= 0.6 is 0 Å². The third-order valence-corrected chi connectivity index (χ3v) is 1.25. The Labute approximate surface area is 74.5 Å². The molecule has 7 nitrogen and oxygen atoms in total. The van der Waals surface area contributed by atoms with Crippen molar-refractivity contribution in [1.29, 1.82) is 0 Å². The molecule has 0 spiro atoms. The van der Waals surface area contributed by atoms with Gasteiger partial charge in [0.05, 0.1) is 24.8 Å². The zero-order valence-corrected chi connectivity index (χ0v) is 6.66. The van der Waals surface area contributed by atoms with E-state index in [1.807, 2.05) is 0 Å². The molecule has 0 unspecified atom stereocenters. The second-order valence-electron chi connectivity index (χ2n) is 2.17. The first-order valence-electron chi connectivity index (χ1n) is 3.63. The summed E-state index contributed by atoms with van der Waals surface area (Å²) < 4.78 is 0. The number of hydrazine groups is 2. The van der Waals surface area contributed by atoms with Gasteiger partial charge in [-0.2, -0.15) is 21.3 Å². The predicted molar refractivity (Wildman–Crippen MR) is 46.3 cm³/mol. The maximum Gasteiger partial charge on any atom is 0.0575 e. The lowest BCUT2D eigenvalue weighted by Crippen LogP contribution is -2.42. The number of allylic oxidation sites excluding steroid dienone is 2. The van der Waals surface area contributed by atoms with Gasteiger partial charge < -0.3 is 0 Å². The summed E-state index contributed by atoms with van der Waals surface area (Å²) >= 11 is 0. The van der Waals surface area contributed by atoms with Gasteiger partial charge in [-0.1, -0.05) is 0 Å². The van der Waals surface area contributed by atoms with Crippen molar-refractivity contribution in [3.63, 3.8) is 0 Å². The fraction of sp³-hybridized carbons (Fsp3) is 0. The Hall–Kier alpha value is -2.02. The highest BCUT2D eigenvalue weighted by Crippen LogP contribution is 1.97. The molecule has 0 fully saturated rings. The molecule has 0 aromatic heterocycles. The molecular weight excluding hydrogens is 172 g/mol. The molecule has 2 aliphatic rings. The lowest BCUT2D eigenvalue weighted by Gasteiger charge is -2.25. The van der Waals surface area contributed by atoms with Crippen LogP contribution in [0.3, 0.4) is 0 Å². The number of hydroxylamine groups is 2. The van der Waals surface area contributed by atoms with Crippen molar-refractivity contribution in [3.05, 3.63) is 24.6 Å². The zero-order chi connectivity index (χ0) is 8.93. The minimum Gasteiger partial charge on any atom is -0.193 e. The first kappa shape index (κ1) is 7.62. The van der Waals surface area contributed by atoms with Gasteiger partial charge in [-0.05, 0) is 12.2 Å². The molecule has 0 bridgehead atoms. The summed E-state index contributed by atoms with van der Waals surface area (Å²) in [5.41, 5.74) is 5.19. The van der Waals surface area contributed by atoms with Crippen LogP contribution in [0.2, 0.25) is 0 Å². The van der Waals surface area contributed by atoms with Crippen molar-refractivity contribution in [3.8, 4) is 0 Å². The van der Waals surface area contributed by atoms with E-state index >= 15 is 0 Å². The van der Waals surface area contributed by atoms with E-state index in [4.69, 9.17) is 4.94 Å². The van der Waals surface area contributed by atoms with Crippen LogP contribution in [0.5, 0.6) is 0 Å². The van der Waals surface area contributed by atoms with Gasteiger partial charge in [-0.25, -0.2) is 0 Å².